The van der Waals surface area contributed by atoms with Crippen LogP contribution in [0.15, 0.2) is 59.8 Å². The largest absolute Gasteiger partial charge is 0.497 e. The monoisotopic (exact) mass is 322 g/mol. The van der Waals surface area contributed by atoms with Crippen molar-refractivity contribution in [3.63, 3.8) is 0 Å². The molecule has 0 bridgehead atoms. The van der Waals surface area contributed by atoms with E-state index in [0.717, 1.165) is 11.5 Å². The second-order valence-corrected chi connectivity index (χ2v) is 10.7. The summed E-state index contributed by atoms with van der Waals surface area (Å²) in [5, 5.41) is 2.98. The zero-order chi connectivity index (χ0) is 16.4. The van der Waals surface area contributed by atoms with Gasteiger partial charge in [-0.3, -0.25) is 0 Å². The normalized spacial score (nSPS) is 17.4. The molecular weight excluding hydrogens is 300 g/mol. The predicted molar refractivity (Wildman–Crippen MR) is 99.4 cm³/mol. The number of methoxy groups -OCH3 is 2. The van der Waals surface area contributed by atoms with Gasteiger partial charge in [-0.2, -0.15) is 0 Å². The van der Waals surface area contributed by atoms with Gasteiger partial charge in [0.2, 0.25) is 0 Å². The Balaban J connectivity index is 1.87. The Labute approximate surface area is 139 Å². The quantitative estimate of drug-likeness (QED) is 0.740. The molecule has 0 aliphatic carbocycles. The van der Waals surface area contributed by atoms with Crippen LogP contribution in [0.25, 0.3) is 11.3 Å². The predicted octanol–water partition coefficient (Wildman–Crippen LogP) is 4.97. The minimum atomic E-state index is -1.53. The summed E-state index contributed by atoms with van der Waals surface area (Å²) in [6.07, 6.45) is 4.64. The Hall–Kier alpha value is -2.26. The van der Waals surface area contributed by atoms with Crippen LogP contribution >= 0.6 is 0 Å². The first-order chi connectivity index (χ1) is 11.0. The number of benzene rings is 2. The highest BCUT2D eigenvalue weighted by molar-refractivity contribution is 7.05. The van der Waals surface area contributed by atoms with Gasteiger partial charge in [0.15, 0.2) is 0 Å². The summed E-state index contributed by atoms with van der Waals surface area (Å²) < 4.78 is 10.5. The average molecular weight is 322 g/mol. The minimum Gasteiger partial charge on any atom is -0.497 e. The van der Waals surface area contributed by atoms with Gasteiger partial charge in [-0.05, 0) is 40.6 Å². The van der Waals surface area contributed by atoms with E-state index in [1.165, 1.54) is 21.5 Å². The van der Waals surface area contributed by atoms with Crippen LogP contribution in [0.1, 0.15) is 11.1 Å². The van der Waals surface area contributed by atoms with Crippen molar-refractivity contribution < 1.29 is 9.47 Å². The second kappa shape index (κ2) is 6.09. The number of hydrogen-bond acceptors (Lipinski definition) is 2. The van der Waals surface area contributed by atoms with Gasteiger partial charge in [0.05, 0.1) is 14.2 Å². The smallest absolute Gasteiger partial charge is 0.118 e. The molecule has 1 heterocycles. The molecule has 3 heteroatoms. The maximum absolute atomic E-state index is 5.24. The van der Waals surface area contributed by atoms with Crippen LogP contribution in [0.5, 0.6) is 11.5 Å². The molecule has 0 saturated carbocycles. The van der Waals surface area contributed by atoms with Crippen molar-refractivity contribution in [2.24, 2.45) is 0 Å². The Morgan fingerprint density at radius 1 is 0.783 bits per heavy atom. The molecule has 1 aliphatic heterocycles. The summed E-state index contributed by atoms with van der Waals surface area (Å²) in [4.78, 5) is 0. The number of rotatable bonds is 4. The SMILES string of the molecule is COc1ccc(/C=C2/C=C(c3ccc(OC)cc3)[Si]2(C)C)cc1. The molecule has 0 amide bonds. The van der Waals surface area contributed by atoms with Gasteiger partial charge in [-0.15, -0.1) is 0 Å². The van der Waals surface area contributed by atoms with Crippen molar-refractivity contribution in [1.29, 1.82) is 0 Å². The van der Waals surface area contributed by atoms with Crippen LogP contribution in [-0.2, 0) is 0 Å². The topological polar surface area (TPSA) is 18.5 Å². The Kier molecular flexibility index (Phi) is 4.14. The molecule has 2 aromatic carbocycles. The third kappa shape index (κ3) is 2.97. The third-order valence-electron chi connectivity index (χ3n) is 4.53. The molecule has 1 aliphatic rings. The van der Waals surface area contributed by atoms with Gasteiger partial charge in [0, 0.05) is 0 Å². The van der Waals surface area contributed by atoms with E-state index in [4.69, 9.17) is 9.47 Å². The molecule has 0 saturated heterocycles. The van der Waals surface area contributed by atoms with E-state index in [9.17, 15) is 0 Å². The van der Waals surface area contributed by atoms with Crippen LogP contribution in [0.3, 0.4) is 0 Å². The van der Waals surface area contributed by atoms with E-state index in [-0.39, 0.29) is 0 Å². The first-order valence-electron chi connectivity index (χ1n) is 7.77. The van der Waals surface area contributed by atoms with Gasteiger partial charge < -0.3 is 9.47 Å². The Bertz CT molecular complexity index is 753. The molecule has 0 N–H and O–H groups in total. The first kappa shape index (κ1) is 15.6. The number of ether oxygens (including phenoxy) is 2. The summed E-state index contributed by atoms with van der Waals surface area (Å²) in [6, 6.07) is 16.6. The first-order valence-corrected chi connectivity index (χ1v) is 10.8. The van der Waals surface area contributed by atoms with E-state index in [1.807, 2.05) is 24.3 Å². The maximum atomic E-state index is 5.24. The van der Waals surface area contributed by atoms with Crippen molar-refractivity contribution in [2.75, 3.05) is 14.2 Å². The second-order valence-electron chi connectivity index (χ2n) is 6.28. The molecule has 0 radical (unpaired) electrons. The molecule has 0 atom stereocenters. The van der Waals surface area contributed by atoms with Crippen molar-refractivity contribution >= 4 is 19.3 Å². The van der Waals surface area contributed by atoms with E-state index >= 15 is 0 Å². The van der Waals surface area contributed by atoms with Crippen molar-refractivity contribution in [1.82, 2.24) is 0 Å². The van der Waals surface area contributed by atoms with Gasteiger partial charge >= 0.3 is 0 Å². The van der Waals surface area contributed by atoms with Crippen molar-refractivity contribution in [2.45, 2.75) is 13.1 Å². The van der Waals surface area contributed by atoms with Gasteiger partial charge in [0.1, 0.15) is 19.6 Å². The summed E-state index contributed by atoms with van der Waals surface area (Å²) in [5.41, 5.74) is 2.54. The molecule has 3 rings (SSSR count). The van der Waals surface area contributed by atoms with Crippen LogP contribution < -0.4 is 9.47 Å². The lowest BCUT2D eigenvalue weighted by Crippen LogP contribution is -2.38. The van der Waals surface area contributed by atoms with Gasteiger partial charge in [0.25, 0.3) is 0 Å². The molecule has 23 heavy (non-hydrogen) atoms. The lowest BCUT2D eigenvalue weighted by molar-refractivity contribution is 0.414. The minimum absolute atomic E-state index is 0.895. The lowest BCUT2D eigenvalue weighted by atomic mass is 10.1. The molecule has 0 aromatic heterocycles. The van der Waals surface area contributed by atoms with Crippen LogP contribution in [0.4, 0.5) is 0 Å². The molecule has 118 valence electrons. The summed E-state index contributed by atoms with van der Waals surface area (Å²) in [7, 11) is 1.86. The lowest BCUT2D eigenvalue weighted by Gasteiger charge is -2.37. The molecular formula is C20H22O2Si. The summed E-state index contributed by atoms with van der Waals surface area (Å²) in [6.45, 7) is 4.81. The molecule has 0 unspecified atom stereocenters. The fourth-order valence-electron chi connectivity index (χ4n) is 2.91. The van der Waals surface area contributed by atoms with Crippen molar-refractivity contribution in [3.05, 3.63) is 70.9 Å². The molecule has 0 spiro atoms. The Morgan fingerprint density at radius 2 is 1.30 bits per heavy atom. The van der Waals surface area contributed by atoms with E-state index < -0.39 is 8.07 Å². The zero-order valence-electron chi connectivity index (χ0n) is 14.1. The van der Waals surface area contributed by atoms with Crippen LogP contribution in [-0.4, -0.2) is 22.3 Å². The molecule has 2 aromatic rings. The van der Waals surface area contributed by atoms with Gasteiger partial charge in [-0.25, -0.2) is 0 Å². The third-order valence-corrected chi connectivity index (χ3v) is 8.05. The fourth-order valence-corrected chi connectivity index (χ4v) is 5.43. The van der Waals surface area contributed by atoms with E-state index in [0.29, 0.717) is 0 Å². The fraction of sp³-hybridized carbons (Fsp3) is 0.200. The highest BCUT2D eigenvalue weighted by Gasteiger charge is 2.38. The van der Waals surface area contributed by atoms with Crippen LogP contribution in [0, 0.1) is 0 Å². The molecule has 0 fully saturated rings. The molecule has 2 nitrogen and oxygen atoms in total. The highest BCUT2D eigenvalue weighted by Crippen LogP contribution is 2.42. The van der Waals surface area contributed by atoms with Gasteiger partial charge in [-0.1, -0.05) is 54.7 Å². The summed E-state index contributed by atoms with van der Waals surface area (Å²) >= 11 is 0. The zero-order valence-corrected chi connectivity index (χ0v) is 15.1. The van der Waals surface area contributed by atoms with E-state index in [1.54, 1.807) is 14.2 Å². The summed E-state index contributed by atoms with van der Waals surface area (Å²) in [5.74, 6) is 1.80. The Morgan fingerprint density at radius 3 is 1.78 bits per heavy atom. The number of allylic oxidation sites excluding steroid dienone is 2. The van der Waals surface area contributed by atoms with Crippen molar-refractivity contribution in [3.8, 4) is 11.5 Å². The number of hydrogen-bond donors (Lipinski definition) is 0. The van der Waals surface area contributed by atoms with Crippen LogP contribution in [0.2, 0.25) is 13.1 Å². The highest BCUT2D eigenvalue weighted by atomic mass is 28.3. The van der Waals surface area contributed by atoms with E-state index in [2.05, 4.69) is 49.5 Å². The average Bonchev–Trinajstić information content (AvgIpc) is 2.59. The maximum Gasteiger partial charge on any atom is 0.118 e. The standard InChI is InChI=1S/C20H22O2Si/c1-21-17-9-5-15(6-10-17)13-19-14-20(23(19,3)4)16-7-11-18(22-2)12-8-16/h5-14H,1-4H3/b19-13-.